The SMILES string of the molecule is Cc1cccc(Cc2cccc(Cc3cccc(C)n3)n2)n1. The summed E-state index contributed by atoms with van der Waals surface area (Å²) in [6.45, 7) is 4.02. The number of pyridine rings is 3. The zero-order valence-electron chi connectivity index (χ0n) is 13.0. The predicted molar refractivity (Wildman–Crippen MR) is 87.8 cm³/mol. The molecule has 0 atom stereocenters. The van der Waals surface area contributed by atoms with E-state index in [1.165, 1.54) is 0 Å². The van der Waals surface area contributed by atoms with E-state index in [1.807, 2.05) is 50.2 Å². The lowest BCUT2D eigenvalue weighted by atomic mass is 10.1. The fourth-order valence-corrected chi connectivity index (χ4v) is 2.49. The summed E-state index contributed by atoms with van der Waals surface area (Å²) in [4.78, 5) is 13.8. The first-order valence-corrected chi connectivity index (χ1v) is 7.49. The molecule has 3 heterocycles. The van der Waals surface area contributed by atoms with E-state index in [1.54, 1.807) is 0 Å². The second-order valence-corrected chi connectivity index (χ2v) is 5.51. The highest BCUT2D eigenvalue weighted by Gasteiger charge is 2.03. The first kappa shape index (κ1) is 14.4. The van der Waals surface area contributed by atoms with E-state index in [-0.39, 0.29) is 0 Å². The molecular formula is C19H19N3. The summed E-state index contributed by atoms with van der Waals surface area (Å²) >= 11 is 0. The van der Waals surface area contributed by atoms with Crippen LogP contribution in [0.5, 0.6) is 0 Å². The van der Waals surface area contributed by atoms with Crippen molar-refractivity contribution in [1.82, 2.24) is 15.0 Å². The Labute approximate surface area is 131 Å². The highest BCUT2D eigenvalue weighted by atomic mass is 14.8. The van der Waals surface area contributed by atoms with Crippen LogP contribution >= 0.6 is 0 Å². The van der Waals surface area contributed by atoms with Crippen molar-refractivity contribution in [1.29, 1.82) is 0 Å². The molecular weight excluding hydrogens is 270 g/mol. The zero-order valence-corrected chi connectivity index (χ0v) is 13.0. The summed E-state index contributed by atoms with van der Waals surface area (Å²) in [6, 6.07) is 18.4. The van der Waals surface area contributed by atoms with E-state index in [0.29, 0.717) is 0 Å². The largest absolute Gasteiger partial charge is 0.258 e. The molecule has 0 saturated heterocycles. The van der Waals surface area contributed by atoms with Crippen LogP contribution in [0.25, 0.3) is 0 Å². The van der Waals surface area contributed by atoms with Gasteiger partial charge in [0.25, 0.3) is 0 Å². The van der Waals surface area contributed by atoms with Crippen molar-refractivity contribution in [3.63, 3.8) is 0 Å². The van der Waals surface area contributed by atoms with Crippen LogP contribution in [-0.2, 0) is 12.8 Å². The minimum Gasteiger partial charge on any atom is -0.258 e. The molecule has 0 aliphatic heterocycles. The third-order valence-electron chi connectivity index (χ3n) is 3.48. The molecule has 0 aromatic carbocycles. The molecule has 0 fully saturated rings. The lowest BCUT2D eigenvalue weighted by Crippen LogP contribution is -2.01. The average Bonchev–Trinajstić information content (AvgIpc) is 2.47. The molecule has 0 N–H and O–H groups in total. The van der Waals surface area contributed by atoms with E-state index in [4.69, 9.17) is 4.98 Å². The lowest BCUT2D eigenvalue weighted by Gasteiger charge is -2.05. The van der Waals surface area contributed by atoms with Gasteiger partial charge < -0.3 is 0 Å². The van der Waals surface area contributed by atoms with E-state index in [9.17, 15) is 0 Å². The van der Waals surface area contributed by atoms with E-state index < -0.39 is 0 Å². The maximum Gasteiger partial charge on any atom is 0.0466 e. The molecule has 3 nitrogen and oxygen atoms in total. The number of hydrogen-bond donors (Lipinski definition) is 0. The molecule has 0 aliphatic carbocycles. The van der Waals surface area contributed by atoms with Gasteiger partial charge in [0.1, 0.15) is 0 Å². The van der Waals surface area contributed by atoms with Gasteiger partial charge in [-0.05, 0) is 50.2 Å². The van der Waals surface area contributed by atoms with Crippen LogP contribution in [0.1, 0.15) is 34.2 Å². The first-order valence-electron chi connectivity index (χ1n) is 7.49. The standard InChI is InChI=1S/C19H19N3/c1-14-6-3-8-16(20-14)12-18-10-5-11-19(22-18)13-17-9-4-7-15(2)21-17/h3-11H,12-13H2,1-2H3. The Morgan fingerprint density at radius 2 is 0.909 bits per heavy atom. The predicted octanol–water partition coefficient (Wildman–Crippen LogP) is 3.67. The maximum absolute atomic E-state index is 4.74. The van der Waals surface area contributed by atoms with Crippen LogP contribution in [0.2, 0.25) is 0 Å². The van der Waals surface area contributed by atoms with Gasteiger partial charge in [0.15, 0.2) is 0 Å². The summed E-state index contributed by atoms with van der Waals surface area (Å²) < 4.78 is 0. The number of rotatable bonds is 4. The molecule has 22 heavy (non-hydrogen) atoms. The third-order valence-corrected chi connectivity index (χ3v) is 3.48. The molecule has 0 spiro atoms. The third kappa shape index (κ3) is 3.76. The molecule has 3 aromatic heterocycles. The fraction of sp³-hybridized carbons (Fsp3) is 0.211. The molecule has 0 aliphatic rings. The molecule has 110 valence electrons. The summed E-state index contributed by atoms with van der Waals surface area (Å²) in [5.74, 6) is 0. The van der Waals surface area contributed by atoms with Crippen molar-refractivity contribution in [2.45, 2.75) is 26.7 Å². The van der Waals surface area contributed by atoms with Crippen molar-refractivity contribution in [2.75, 3.05) is 0 Å². The summed E-state index contributed by atoms with van der Waals surface area (Å²) in [6.07, 6.45) is 1.52. The Bertz CT molecular complexity index is 718. The monoisotopic (exact) mass is 289 g/mol. The molecule has 3 aromatic rings. The summed E-state index contributed by atoms with van der Waals surface area (Å²) in [5.41, 5.74) is 6.28. The van der Waals surface area contributed by atoms with Gasteiger partial charge in [-0.1, -0.05) is 18.2 Å². The summed E-state index contributed by atoms with van der Waals surface area (Å²) in [7, 11) is 0. The molecule has 0 saturated carbocycles. The topological polar surface area (TPSA) is 38.7 Å². The van der Waals surface area contributed by atoms with E-state index in [2.05, 4.69) is 28.2 Å². The van der Waals surface area contributed by atoms with Crippen LogP contribution < -0.4 is 0 Å². The minimum absolute atomic E-state index is 0.761. The Hall–Kier alpha value is -2.55. The van der Waals surface area contributed by atoms with E-state index >= 15 is 0 Å². The molecule has 0 unspecified atom stereocenters. The molecule has 3 rings (SSSR count). The van der Waals surface area contributed by atoms with Gasteiger partial charge in [-0.25, -0.2) is 0 Å². The van der Waals surface area contributed by atoms with Crippen molar-refractivity contribution >= 4 is 0 Å². The van der Waals surface area contributed by atoms with Gasteiger partial charge in [0, 0.05) is 47.0 Å². The zero-order chi connectivity index (χ0) is 15.4. The van der Waals surface area contributed by atoms with Crippen LogP contribution in [0, 0.1) is 13.8 Å². The number of nitrogens with zero attached hydrogens (tertiary/aromatic N) is 3. The van der Waals surface area contributed by atoms with Crippen molar-refractivity contribution in [2.24, 2.45) is 0 Å². The Kier molecular flexibility index (Phi) is 4.24. The highest BCUT2D eigenvalue weighted by molar-refractivity contribution is 5.22. The number of aryl methyl sites for hydroxylation is 2. The molecule has 0 amide bonds. The van der Waals surface area contributed by atoms with Gasteiger partial charge in [-0.15, -0.1) is 0 Å². The number of hydrogen-bond acceptors (Lipinski definition) is 3. The Morgan fingerprint density at radius 1 is 0.545 bits per heavy atom. The second-order valence-electron chi connectivity index (χ2n) is 5.51. The lowest BCUT2D eigenvalue weighted by molar-refractivity contribution is 0.936. The van der Waals surface area contributed by atoms with Gasteiger partial charge in [-0.2, -0.15) is 0 Å². The highest BCUT2D eigenvalue weighted by Crippen LogP contribution is 2.10. The van der Waals surface area contributed by atoms with Crippen LogP contribution in [-0.4, -0.2) is 15.0 Å². The fourth-order valence-electron chi connectivity index (χ4n) is 2.49. The van der Waals surface area contributed by atoms with Crippen molar-refractivity contribution < 1.29 is 0 Å². The van der Waals surface area contributed by atoms with E-state index in [0.717, 1.165) is 47.0 Å². The molecule has 0 radical (unpaired) electrons. The van der Waals surface area contributed by atoms with Crippen molar-refractivity contribution in [3.8, 4) is 0 Å². The van der Waals surface area contributed by atoms with Gasteiger partial charge in [-0.3, -0.25) is 15.0 Å². The molecule has 3 heteroatoms. The quantitative estimate of drug-likeness (QED) is 0.735. The van der Waals surface area contributed by atoms with Crippen LogP contribution in [0.4, 0.5) is 0 Å². The normalized spacial score (nSPS) is 10.6. The van der Waals surface area contributed by atoms with Crippen LogP contribution in [0.15, 0.2) is 54.6 Å². The van der Waals surface area contributed by atoms with Gasteiger partial charge in [0.05, 0.1) is 0 Å². The first-order chi connectivity index (χ1) is 10.7. The van der Waals surface area contributed by atoms with Gasteiger partial charge in [0.2, 0.25) is 0 Å². The Morgan fingerprint density at radius 3 is 1.32 bits per heavy atom. The smallest absolute Gasteiger partial charge is 0.0466 e. The second kappa shape index (κ2) is 6.48. The minimum atomic E-state index is 0.761. The Balaban J connectivity index is 1.78. The van der Waals surface area contributed by atoms with Crippen molar-refractivity contribution in [3.05, 3.63) is 88.8 Å². The van der Waals surface area contributed by atoms with Crippen LogP contribution in [0.3, 0.4) is 0 Å². The molecule has 0 bridgehead atoms. The van der Waals surface area contributed by atoms with Gasteiger partial charge >= 0.3 is 0 Å². The summed E-state index contributed by atoms with van der Waals surface area (Å²) in [5, 5.41) is 0. The average molecular weight is 289 g/mol. The maximum atomic E-state index is 4.74. The number of aromatic nitrogens is 3.